The normalized spacial score (nSPS) is 12.9. The second kappa shape index (κ2) is 4.91. The number of aliphatic carboxylic acids is 1. The summed E-state index contributed by atoms with van der Waals surface area (Å²) in [6.07, 6.45) is 1.31. The van der Waals surface area contributed by atoms with Crippen LogP contribution in [0.5, 0.6) is 0 Å². The van der Waals surface area contributed by atoms with Crippen molar-refractivity contribution in [2.75, 3.05) is 0 Å². The molecule has 0 rings (SSSR count). The lowest BCUT2D eigenvalue weighted by molar-refractivity contribution is -0.145. The van der Waals surface area contributed by atoms with Crippen LogP contribution in [0.25, 0.3) is 0 Å². The minimum absolute atomic E-state index is 0.179. The average Bonchev–Trinajstić information content (AvgIpc) is 1.94. The Morgan fingerprint density at radius 1 is 1.46 bits per heavy atom. The summed E-state index contributed by atoms with van der Waals surface area (Å²) in [5, 5.41) is 8.96. The third-order valence-corrected chi connectivity index (χ3v) is 2.08. The van der Waals surface area contributed by atoms with E-state index in [2.05, 4.69) is 11.8 Å². The lowest BCUT2D eigenvalue weighted by atomic mass is 9.78. The molecule has 13 heavy (non-hydrogen) atoms. The van der Waals surface area contributed by atoms with Crippen molar-refractivity contribution in [1.29, 1.82) is 0 Å². The molecule has 0 aromatic rings. The van der Waals surface area contributed by atoms with Gasteiger partial charge in [-0.05, 0) is 18.8 Å². The predicted molar refractivity (Wildman–Crippen MR) is 53.3 cm³/mol. The third kappa shape index (κ3) is 4.57. The Labute approximate surface area is 80.3 Å². The molecule has 0 spiro atoms. The van der Waals surface area contributed by atoms with Gasteiger partial charge < -0.3 is 5.11 Å². The summed E-state index contributed by atoms with van der Waals surface area (Å²) >= 11 is 0. The third-order valence-electron chi connectivity index (χ3n) is 2.08. The maximum absolute atomic E-state index is 10.9. The summed E-state index contributed by atoms with van der Waals surface area (Å²) in [4.78, 5) is 10.9. The number of hydrogen-bond donors (Lipinski definition) is 1. The van der Waals surface area contributed by atoms with Crippen LogP contribution in [0, 0.1) is 23.2 Å². The molecule has 0 radical (unpaired) electrons. The largest absolute Gasteiger partial charge is 0.481 e. The Balaban J connectivity index is 4.25. The van der Waals surface area contributed by atoms with Gasteiger partial charge in [0.25, 0.3) is 0 Å². The molecule has 1 atom stereocenters. The monoisotopic (exact) mass is 182 g/mol. The van der Waals surface area contributed by atoms with Crippen LogP contribution in [0.4, 0.5) is 0 Å². The zero-order valence-corrected chi connectivity index (χ0v) is 8.85. The van der Waals surface area contributed by atoms with Gasteiger partial charge in [0, 0.05) is 6.42 Å². The first-order chi connectivity index (χ1) is 5.89. The lowest BCUT2D eigenvalue weighted by Crippen LogP contribution is -2.28. The standard InChI is InChI=1S/C11H18O2/c1-5-6-7-8-9(10(12)13)11(2,3)4/h9H,7-8H2,1-4H3,(H,12,13). The molecule has 0 heterocycles. The Morgan fingerprint density at radius 3 is 2.31 bits per heavy atom. The first-order valence-corrected chi connectivity index (χ1v) is 4.52. The van der Waals surface area contributed by atoms with Gasteiger partial charge in [-0.15, -0.1) is 11.8 Å². The summed E-state index contributed by atoms with van der Waals surface area (Å²) in [5.41, 5.74) is -0.179. The predicted octanol–water partition coefficient (Wildman–Crippen LogP) is 2.54. The first kappa shape index (κ1) is 12.0. The molecule has 0 saturated heterocycles. The van der Waals surface area contributed by atoms with E-state index in [4.69, 9.17) is 5.11 Å². The zero-order chi connectivity index (χ0) is 10.5. The quantitative estimate of drug-likeness (QED) is 0.681. The maximum Gasteiger partial charge on any atom is 0.307 e. The van der Waals surface area contributed by atoms with Crippen LogP contribution >= 0.6 is 0 Å². The Hall–Kier alpha value is -0.970. The van der Waals surface area contributed by atoms with Crippen molar-refractivity contribution in [3.63, 3.8) is 0 Å². The zero-order valence-electron chi connectivity index (χ0n) is 8.85. The molecule has 1 N–H and O–H groups in total. The molecular formula is C11H18O2. The van der Waals surface area contributed by atoms with Gasteiger partial charge in [0.2, 0.25) is 0 Å². The molecule has 0 amide bonds. The van der Waals surface area contributed by atoms with Crippen molar-refractivity contribution in [3.8, 4) is 11.8 Å². The van der Waals surface area contributed by atoms with Crippen molar-refractivity contribution in [1.82, 2.24) is 0 Å². The number of carboxylic acid groups (broad SMARTS) is 1. The van der Waals surface area contributed by atoms with Crippen LogP contribution in [0.2, 0.25) is 0 Å². The number of carboxylic acids is 1. The lowest BCUT2D eigenvalue weighted by Gasteiger charge is -2.26. The van der Waals surface area contributed by atoms with E-state index in [1.54, 1.807) is 6.92 Å². The highest BCUT2D eigenvalue weighted by Crippen LogP contribution is 2.29. The second-order valence-corrected chi connectivity index (χ2v) is 4.22. The van der Waals surface area contributed by atoms with Crippen LogP contribution in [0.15, 0.2) is 0 Å². The van der Waals surface area contributed by atoms with Gasteiger partial charge in [-0.1, -0.05) is 20.8 Å². The van der Waals surface area contributed by atoms with Gasteiger partial charge >= 0.3 is 5.97 Å². The maximum atomic E-state index is 10.9. The number of carbonyl (C=O) groups is 1. The molecule has 0 aromatic carbocycles. The van der Waals surface area contributed by atoms with Crippen molar-refractivity contribution < 1.29 is 9.90 Å². The van der Waals surface area contributed by atoms with Gasteiger partial charge in [-0.25, -0.2) is 0 Å². The van der Waals surface area contributed by atoms with Crippen LogP contribution in [-0.2, 0) is 4.79 Å². The van der Waals surface area contributed by atoms with Gasteiger partial charge in [0.1, 0.15) is 0 Å². The number of rotatable bonds is 3. The van der Waals surface area contributed by atoms with E-state index in [-0.39, 0.29) is 11.3 Å². The highest BCUT2D eigenvalue weighted by atomic mass is 16.4. The Kier molecular flexibility index (Phi) is 4.55. The summed E-state index contributed by atoms with van der Waals surface area (Å²) in [5.74, 6) is 4.65. The van der Waals surface area contributed by atoms with Crippen molar-refractivity contribution >= 4 is 5.97 Å². The second-order valence-electron chi connectivity index (χ2n) is 4.22. The van der Waals surface area contributed by atoms with Gasteiger partial charge in [0.15, 0.2) is 0 Å². The molecule has 2 heteroatoms. The summed E-state index contributed by atoms with van der Waals surface area (Å²) in [6.45, 7) is 7.62. The van der Waals surface area contributed by atoms with Crippen LogP contribution in [-0.4, -0.2) is 11.1 Å². The van der Waals surface area contributed by atoms with E-state index in [0.717, 1.165) is 0 Å². The number of hydrogen-bond acceptors (Lipinski definition) is 1. The van der Waals surface area contributed by atoms with Crippen molar-refractivity contribution in [2.24, 2.45) is 11.3 Å². The minimum atomic E-state index is -0.717. The molecular weight excluding hydrogens is 164 g/mol. The topological polar surface area (TPSA) is 37.3 Å². The van der Waals surface area contributed by atoms with Gasteiger partial charge in [0.05, 0.1) is 5.92 Å². The summed E-state index contributed by atoms with van der Waals surface area (Å²) < 4.78 is 0. The van der Waals surface area contributed by atoms with Gasteiger partial charge in [-0.3, -0.25) is 4.79 Å². The fraction of sp³-hybridized carbons (Fsp3) is 0.727. The van der Waals surface area contributed by atoms with Crippen LogP contribution < -0.4 is 0 Å². The van der Waals surface area contributed by atoms with E-state index in [9.17, 15) is 4.79 Å². The van der Waals surface area contributed by atoms with E-state index in [1.807, 2.05) is 20.8 Å². The molecule has 0 aliphatic rings. The molecule has 2 nitrogen and oxygen atoms in total. The summed E-state index contributed by atoms with van der Waals surface area (Å²) in [7, 11) is 0. The summed E-state index contributed by atoms with van der Waals surface area (Å²) in [6, 6.07) is 0. The molecule has 0 saturated carbocycles. The van der Waals surface area contributed by atoms with E-state index in [0.29, 0.717) is 12.8 Å². The van der Waals surface area contributed by atoms with E-state index >= 15 is 0 Å². The van der Waals surface area contributed by atoms with E-state index in [1.165, 1.54) is 0 Å². The molecule has 1 unspecified atom stereocenters. The molecule has 0 fully saturated rings. The molecule has 0 aliphatic carbocycles. The fourth-order valence-electron chi connectivity index (χ4n) is 1.27. The SMILES string of the molecule is CC#CCCC(C(=O)O)C(C)(C)C. The van der Waals surface area contributed by atoms with Crippen molar-refractivity contribution in [2.45, 2.75) is 40.5 Å². The fourth-order valence-corrected chi connectivity index (χ4v) is 1.27. The Bertz CT molecular complexity index is 225. The minimum Gasteiger partial charge on any atom is -0.481 e. The van der Waals surface area contributed by atoms with Gasteiger partial charge in [-0.2, -0.15) is 0 Å². The average molecular weight is 182 g/mol. The van der Waals surface area contributed by atoms with Crippen LogP contribution in [0.3, 0.4) is 0 Å². The van der Waals surface area contributed by atoms with Crippen molar-refractivity contribution in [3.05, 3.63) is 0 Å². The molecule has 0 bridgehead atoms. The highest BCUT2D eigenvalue weighted by Gasteiger charge is 2.30. The van der Waals surface area contributed by atoms with E-state index < -0.39 is 5.97 Å². The first-order valence-electron chi connectivity index (χ1n) is 4.52. The molecule has 0 aliphatic heterocycles. The highest BCUT2D eigenvalue weighted by molar-refractivity contribution is 5.70. The smallest absolute Gasteiger partial charge is 0.307 e. The molecule has 0 aromatic heterocycles. The molecule has 74 valence electrons. The Morgan fingerprint density at radius 2 is 2.00 bits per heavy atom. The van der Waals surface area contributed by atoms with Crippen LogP contribution in [0.1, 0.15) is 40.5 Å².